The minimum atomic E-state index is -0.221. The van der Waals surface area contributed by atoms with Gasteiger partial charge in [-0.05, 0) is 22.0 Å². The first-order valence-electron chi connectivity index (χ1n) is 5.56. The third-order valence-corrected chi connectivity index (χ3v) is 2.98. The van der Waals surface area contributed by atoms with Gasteiger partial charge >= 0.3 is 0 Å². The molecule has 0 radical (unpaired) electrons. The number of aromatic nitrogens is 4. The number of aryl methyl sites for hydroxylation is 1. The highest BCUT2D eigenvalue weighted by molar-refractivity contribution is 9.10. The van der Waals surface area contributed by atoms with Gasteiger partial charge in [0.1, 0.15) is 12.1 Å². The van der Waals surface area contributed by atoms with Gasteiger partial charge in [-0.1, -0.05) is 0 Å². The van der Waals surface area contributed by atoms with Crippen LogP contribution in [0.5, 0.6) is 0 Å². The maximum Gasteiger partial charge on any atom is 0.255 e. The molecule has 1 amide bonds. The van der Waals surface area contributed by atoms with Gasteiger partial charge < -0.3 is 15.2 Å². The molecule has 100 valence electrons. The van der Waals surface area contributed by atoms with Gasteiger partial charge in [0.2, 0.25) is 0 Å². The predicted molar refractivity (Wildman–Crippen MR) is 73.7 cm³/mol. The number of anilines is 1. The molecule has 2 aromatic heterocycles. The largest absolute Gasteiger partial charge is 0.372 e. The number of nitrogens with one attached hydrogen (secondary N) is 2. The maximum atomic E-state index is 12.1. The van der Waals surface area contributed by atoms with E-state index in [0.717, 1.165) is 4.47 Å². The topological polar surface area (TPSA) is 84.7 Å². The fourth-order valence-corrected chi connectivity index (χ4v) is 1.86. The van der Waals surface area contributed by atoms with E-state index < -0.39 is 0 Å². The molecule has 0 aliphatic rings. The molecule has 19 heavy (non-hydrogen) atoms. The van der Waals surface area contributed by atoms with Crippen LogP contribution in [0.1, 0.15) is 16.2 Å². The summed E-state index contributed by atoms with van der Waals surface area (Å²) in [7, 11) is 3.54. The molecule has 2 N–H and O–H groups in total. The quantitative estimate of drug-likeness (QED) is 0.874. The van der Waals surface area contributed by atoms with Gasteiger partial charge in [0, 0.05) is 24.8 Å². The fourth-order valence-electron chi connectivity index (χ4n) is 1.53. The number of carbonyl (C=O) groups is 1. The summed E-state index contributed by atoms with van der Waals surface area (Å²) in [6.45, 7) is 0.311. The Morgan fingerprint density at radius 2 is 2.32 bits per heavy atom. The molecule has 8 heteroatoms. The van der Waals surface area contributed by atoms with Crippen LogP contribution >= 0.6 is 15.9 Å². The van der Waals surface area contributed by atoms with E-state index >= 15 is 0 Å². The van der Waals surface area contributed by atoms with E-state index in [9.17, 15) is 4.79 Å². The van der Waals surface area contributed by atoms with Gasteiger partial charge in [-0.2, -0.15) is 0 Å². The third kappa shape index (κ3) is 3.08. The first kappa shape index (κ1) is 13.5. The summed E-state index contributed by atoms with van der Waals surface area (Å²) >= 11 is 3.30. The second kappa shape index (κ2) is 5.79. The molecule has 0 bridgehead atoms. The average molecular weight is 325 g/mol. The van der Waals surface area contributed by atoms with E-state index in [0.29, 0.717) is 23.8 Å². The van der Waals surface area contributed by atoms with Gasteiger partial charge in [-0.25, -0.2) is 4.98 Å². The van der Waals surface area contributed by atoms with Crippen LogP contribution in [0.25, 0.3) is 0 Å². The molecule has 2 heterocycles. The first-order valence-corrected chi connectivity index (χ1v) is 6.35. The molecular formula is C11H13BrN6O. The molecule has 0 aliphatic carbocycles. The molecule has 0 aromatic carbocycles. The Morgan fingerprint density at radius 3 is 2.95 bits per heavy atom. The molecule has 7 nitrogen and oxygen atoms in total. The first-order chi connectivity index (χ1) is 9.11. The molecule has 0 aliphatic heterocycles. The SMILES string of the molecule is CNc1ncc(Br)cc1C(=O)NCc1nncn1C. The Labute approximate surface area is 118 Å². The lowest BCUT2D eigenvalue weighted by atomic mass is 10.2. The number of rotatable bonds is 4. The average Bonchev–Trinajstić information content (AvgIpc) is 2.81. The zero-order valence-electron chi connectivity index (χ0n) is 10.5. The lowest BCUT2D eigenvalue weighted by Gasteiger charge is -2.09. The number of hydrogen-bond acceptors (Lipinski definition) is 5. The van der Waals surface area contributed by atoms with Crippen LogP contribution in [0.2, 0.25) is 0 Å². The summed E-state index contributed by atoms with van der Waals surface area (Å²) in [6, 6.07) is 1.71. The zero-order valence-corrected chi connectivity index (χ0v) is 12.1. The van der Waals surface area contributed by atoms with Crippen LogP contribution in [-0.4, -0.2) is 32.7 Å². The van der Waals surface area contributed by atoms with Crippen molar-refractivity contribution < 1.29 is 4.79 Å². The molecule has 2 rings (SSSR count). The fraction of sp³-hybridized carbons (Fsp3) is 0.273. The van der Waals surface area contributed by atoms with Crippen LogP contribution in [0.15, 0.2) is 23.1 Å². The Kier molecular flexibility index (Phi) is 4.10. The Bertz CT molecular complexity index is 597. The Balaban J connectivity index is 2.12. The standard InChI is InChI=1S/C11H13BrN6O/c1-13-10-8(3-7(12)4-14-10)11(19)15-5-9-17-16-6-18(9)2/h3-4,6H,5H2,1-2H3,(H,13,14)(H,15,19). The second-order valence-electron chi connectivity index (χ2n) is 3.84. The number of pyridine rings is 1. The summed E-state index contributed by atoms with van der Waals surface area (Å²) in [5, 5.41) is 13.3. The zero-order chi connectivity index (χ0) is 13.8. The number of amides is 1. The van der Waals surface area contributed by atoms with Crippen molar-refractivity contribution in [2.24, 2.45) is 7.05 Å². The predicted octanol–water partition coefficient (Wildman–Crippen LogP) is 0.944. The smallest absolute Gasteiger partial charge is 0.255 e. The van der Waals surface area contributed by atoms with Crippen LogP contribution < -0.4 is 10.6 Å². The minimum absolute atomic E-state index is 0.221. The monoisotopic (exact) mass is 324 g/mol. The maximum absolute atomic E-state index is 12.1. The molecule has 0 fully saturated rings. The second-order valence-corrected chi connectivity index (χ2v) is 4.76. The highest BCUT2D eigenvalue weighted by Gasteiger charge is 2.13. The van der Waals surface area contributed by atoms with Crippen molar-refractivity contribution in [2.45, 2.75) is 6.54 Å². The summed E-state index contributed by atoms with van der Waals surface area (Å²) in [5.41, 5.74) is 0.471. The van der Waals surface area contributed by atoms with Crippen molar-refractivity contribution in [1.29, 1.82) is 0 Å². The molecule has 0 atom stereocenters. The summed E-state index contributed by atoms with van der Waals surface area (Å²) < 4.78 is 2.49. The van der Waals surface area contributed by atoms with E-state index in [2.05, 4.69) is 41.7 Å². The number of halogens is 1. The minimum Gasteiger partial charge on any atom is -0.372 e. The molecular weight excluding hydrogens is 312 g/mol. The van der Waals surface area contributed by atoms with Crippen LogP contribution in [0.4, 0.5) is 5.82 Å². The highest BCUT2D eigenvalue weighted by atomic mass is 79.9. The van der Waals surface area contributed by atoms with Crippen molar-refractivity contribution in [2.75, 3.05) is 12.4 Å². The molecule has 0 saturated heterocycles. The van der Waals surface area contributed by atoms with Gasteiger partial charge in [-0.15, -0.1) is 10.2 Å². The van der Waals surface area contributed by atoms with Crippen LogP contribution in [0, 0.1) is 0 Å². The highest BCUT2D eigenvalue weighted by Crippen LogP contribution is 2.17. The summed E-state index contributed by atoms with van der Waals surface area (Å²) in [4.78, 5) is 16.2. The Morgan fingerprint density at radius 1 is 1.53 bits per heavy atom. The lowest BCUT2D eigenvalue weighted by Crippen LogP contribution is -2.25. The van der Waals surface area contributed by atoms with Crippen molar-refractivity contribution >= 4 is 27.7 Å². The van der Waals surface area contributed by atoms with E-state index in [4.69, 9.17) is 0 Å². The van der Waals surface area contributed by atoms with E-state index in [1.165, 1.54) is 0 Å². The number of carbonyl (C=O) groups excluding carboxylic acids is 1. The van der Waals surface area contributed by atoms with E-state index in [1.54, 1.807) is 30.2 Å². The van der Waals surface area contributed by atoms with Crippen molar-refractivity contribution in [3.05, 3.63) is 34.5 Å². The molecule has 2 aromatic rings. The molecule has 0 spiro atoms. The Hall–Kier alpha value is -1.96. The molecule has 0 unspecified atom stereocenters. The van der Waals surface area contributed by atoms with Gasteiger partial charge in [0.05, 0.1) is 12.1 Å². The molecule has 0 saturated carbocycles. The van der Waals surface area contributed by atoms with Crippen molar-refractivity contribution in [1.82, 2.24) is 25.1 Å². The van der Waals surface area contributed by atoms with Crippen molar-refractivity contribution in [3.63, 3.8) is 0 Å². The van der Waals surface area contributed by atoms with Crippen molar-refractivity contribution in [3.8, 4) is 0 Å². The van der Waals surface area contributed by atoms with E-state index in [1.807, 2.05) is 7.05 Å². The summed E-state index contributed by atoms with van der Waals surface area (Å²) in [6.07, 6.45) is 3.21. The van der Waals surface area contributed by atoms with Crippen LogP contribution in [0.3, 0.4) is 0 Å². The van der Waals surface area contributed by atoms with Gasteiger partial charge in [0.15, 0.2) is 5.82 Å². The normalized spacial score (nSPS) is 10.3. The van der Waals surface area contributed by atoms with E-state index in [-0.39, 0.29) is 5.91 Å². The van der Waals surface area contributed by atoms with Gasteiger partial charge in [-0.3, -0.25) is 4.79 Å². The third-order valence-electron chi connectivity index (χ3n) is 2.55. The van der Waals surface area contributed by atoms with Crippen LogP contribution in [-0.2, 0) is 13.6 Å². The summed E-state index contributed by atoms with van der Waals surface area (Å²) in [5.74, 6) is 0.988. The number of nitrogens with zero attached hydrogens (tertiary/aromatic N) is 4. The van der Waals surface area contributed by atoms with Gasteiger partial charge in [0.25, 0.3) is 5.91 Å². The number of hydrogen-bond donors (Lipinski definition) is 2. The lowest BCUT2D eigenvalue weighted by molar-refractivity contribution is 0.0950.